The predicted octanol–water partition coefficient (Wildman–Crippen LogP) is 0.974. The summed E-state index contributed by atoms with van der Waals surface area (Å²) in [6.07, 6.45) is 0.273. The van der Waals surface area contributed by atoms with Crippen LogP contribution in [-0.2, 0) is 14.3 Å². The first-order chi connectivity index (χ1) is 4.76. The molecule has 0 saturated heterocycles. The van der Waals surface area contributed by atoms with Crippen molar-refractivity contribution in [2.45, 2.75) is 26.4 Å². The van der Waals surface area contributed by atoms with Gasteiger partial charge in [-0.05, 0) is 13.3 Å². The Hall–Kier alpha value is -0.570. The Morgan fingerprint density at radius 2 is 2.10 bits per heavy atom. The highest BCUT2D eigenvalue weighted by Crippen LogP contribution is 1.98. The van der Waals surface area contributed by atoms with E-state index in [-0.39, 0.29) is 12.1 Å². The van der Waals surface area contributed by atoms with Crippen LogP contribution in [0.1, 0.15) is 20.3 Å². The molecule has 0 aromatic heterocycles. The Kier molecular flexibility index (Phi) is 4.94. The largest absolute Gasteiger partial charge is 0.464 e. The maximum Gasteiger partial charge on any atom is 0.335 e. The van der Waals surface area contributed by atoms with Gasteiger partial charge in [0.05, 0.1) is 6.61 Å². The standard InChI is InChI=1S/C7H14O3/c1-4-6(9-3)7(8)10-5-2/h6H,4-5H2,1-3H3/t6-/m0/s1. The number of carbonyl (C=O) groups is 1. The predicted molar refractivity (Wildman–Crippen MR) is 37.7 cm³/mol. The van der Waals surface area contributed by atoms with Gasteiger partial charge in [-0.25, -0.2) is 4.79 Å². The van der Waals surface area contributed by atoms with Crippen LogP contribution in [0.2, 0.25) is 0 Å². The number of hydrogen-bond donors (Lipinski definition) is 0. The normalized spacial score (nSPS) is 12.7. The summed E-state index contributed by atoms with van der Waals surface area (Å²) in [5, 5.41) is 0. The van der Waals surface area contributed by atoms with Crippen LogP contribution in [-0.4, -0.2) is 25.8 Å². The van der Waals surface area contributed by atoms with Gasteiger partial charge in [0.15, 0.2) is 6.10 Å². The van der Waals surface area contributed by atoms with Crippen molar-refractivity contribution in [3.63, 3.8) is 0 Å². The Balaban J connectivity index is 3.65. The molecule has 60 valence electrons. The van der Waals surface area contributed by atoms with Crippen LogP contribution in [0.3, 0.4) is 0 Å². The van der Waals surface area contributed by atoms with Crippen LogP contribution in [0, 0.1) is 0 Å². The second-order valence-corrected chi connectivity index (χ2v) is 1.88. The van der Waals surface area contributed by atoms with Crippen molar-refractivity contribution in [2.24, 2.45) is 0 Å². The Labute approximate surface area is 61.3 Å². The molecule has 0 aromatic rings. The molecule has 3 nitrogen and oxygen atoms in total. The zero-order valence-electron chi connectivity index (χ0n) is 6.72. The van der Waals surface area contributed by atoms with Crippen LogP contribution >= 0.6 is 0 Å². The highest BCUT2D eigenvalue weighted by Gasteiger charge is 2.15. The maximum atomic E-state index is 10.9. The van der Waals surface area contributed by atoms with Crippen molar-refractivity contribution in [1.29, 1.82) is 0 Å². The van der Waals surface area contributed by atoms with Gasteiger partial charge in [0.2, 0.25) is 0 Å². The van der Waals surface area contributed by atoms with Gasteiger partial charge in [-0.3, -0.25) is 0 Å². The number of rotatable bonds is 4. The van der Waals surface area contributed by atoms with Gasteiger partial charge < -0.3 is 9.47 Å². The molecule has 0 saturated carbocycles. The quantitative estimate of drug-likeness (QED) is 0.554. The fourth-order valence-corrected chi connectivity index (χ4v) is 0.665. The lowest BCUT2D eigenvalue weighted by Crippen LogP contribution is -2.24. The summed E-state index contributed by atoms with van der Waals surface area (Å²) in [6, 6.07) is 0. The number of carbonyl (C=O) groups excluding carboxylic acids is 1. The summed E-state index contributed by atoms with van der Waals surface area (Å²) in [6.45, 7) is 4.07. The van der Waals surface area contributed by atoms with E-state index in [1.807, 2.05) is 6.92 Å². The molecule has 0 amide bonds. The van der Waals surface area contributed by atoms with Gasteiger partial charge >= 0.3 is 5.97 Å². The van der Waals surface area contributed by atoms with Crippen LogP contribution < -0.4 is 0 Å². The molecule has 0 unspecified atom stereocenters. The van der Waals surface area contributed by atoms with Crippen molar-refractivity contribution in [2.75, 3.05) is 13.7 Å². The lowest BCUT2D eigenvalue weighted by Gasteiger charge is -2.10. The minimum atomic E-state index is -0.389. The Morgan fingerprint density at radius 1 is 1.50 bits per heavy atom. The van der Waals surface area contributed by atoms with Crippen LogP contribution in [0.4, 0.5) is 0 Å². The van der Waals surface area contributed by atoms with Gasteiger partial charge in [-0.15, -0.1) is 0 Å². The van der Waals surface area contributed by atoms with E-state index in [2.05, 4.69) is 0 Å². The molecular weight excluding hydrogens is 132 g/mol. The third-order valence-electron chi connectivity index (χ3n) is 1.20. The minimum absolute atomic E-state index is 0.271. The third kappa shape index (κ3) is 2.82. The van der Waals surface area contributed by atoms with Crippen LogP contribution in [0.5, 0.6) is 0 Å². The van der Waals surface area contributed by atoms with Gasteiger partial charge in [0, 0.05) is 7.11 Å². The van der Waals surface area contributed by atoms with Gasteiger partial charge in [0.1, 0.15) is 0 Å². The van der Waals surface area contributed by atoms with E-state index in [0.717, 1.165) is 0 Å². The molecule has 3 heteroatoms. The molecule has 0 heterocycles. The molecule has 0 bridgehead atoms. The summed E-state index contributed by atoms with van der Waals surface area (Å²) >= 11 is 0. The second kappa shape index (κ2) is 5.23. The first-order valence-corrected chi connectivity index (χ1v) is 3.45. The molecule has 0 radical (unpaired) electrons. The third-order valence-corrected chi connectivity index (χ3v) is 1.20. The van der Waals surface area contributed by atoms with Crippen molar-refractivity contribution in [3.05, 3.63) is 0 Å². The monoisotopic (exact) mass is 146 g/mol. The molecule has 1 atom stereocenters. The van der Waals surface area contributed by atoms with Crippen molar-refractivity contribution < 1.29 is 14.3 Å². The highest BCUT2D eigenvalue weighted by molar-refractivity contribution is 5.74. The van der Waals surface area contributed by atoms with Crippen LogP contribution in [0.25, 0.3) is 0 Å². The van der Waals surface area contributed by atoms with E-state index >= 15 is 0 Å². The van der Waals surface area contributed by atoms with Crippen molar-refractivity contribution >= 4 is 5.97 Å². The molecule has 0 aliphatic carbocycles. The zero-order chi connectivity index (χ0) is 7.98. The van der Waals surface area contributed by atoms with E-state index in [1.165, 1.54) is 7.11 Å². The molecule has 0 spiro atoms. The molecule has 0 aromatic carbocycles. The molecule has 0 N–H and O–H groups in total. The maximum absolute atomic E-state index is 10.9. The van der Waals surface area contributed by atoms with Crippen LogP contribution in [0.15, 0.2) is 0 Å². The lowest BCUT2D eigenvalue weighted by molar-refractivity contribution is -0.154. The topological polar surface area (TPSA) is 35.5 Å². The SMILES string of the molecule is CCOC(=O)[C@H](CC)OC. The number of hydrogen-bond acceptors (Lipinski definition) is 3. The molecule has 0 fully saturated rings. The fourth-order valence-electron chi connectivity index (χ4n) is 0.665. The lowest BCUT2D eigenvalue weighted by atomic mass is 10.3. The second-order valence-electron chi connectivity index (χ2n) is 1.88. The molecule has 0 aliphatic rings. The summed E-state index contributed by atoms with van der Waals surface area (Å²) < 4.78 is 9.56. The average molecular weight is 146 g/mol. The Morgan fingerprint density at radius 3 is 2.40 bits per heavy atom. The summed E-state index contributed by atoms with van der Waals surface area (Å²) in [5.41, 5.74) is 0. The van der Waals surface area contributed by atoms with Gasteiger partial charge in [-0.2, -0.15) is 0 Å². The smallest absolute Gasteiger partial charge is 0.335 e. The van der Waals surface area contributed by atoms with Crippen molar-refractivity contribution in [1.82, 2.24) is 0 Å². The van der Waals surface area contributed by atoms with Gasteiger partial charge in [0.25, 0.3) is 0 Å². The first kappa shape index (κ1) is 9.43. The number of ether oxygens (including phenoxy) is 2. The van der Waals surface area contributed by atoms with Crippen molar-refractivity contribution in [3.8, 4) is 0 Å². The van der Waals surface area contributed by atoms with E-state index in [1.54, 1.807) is 6.92 Å². The Bertz CT molecular complexity index is 97.0. The number of esters is 1. The molecule has 0 rings (SSSR count). The summed E-state index contributed by atoms with van der Waals surface area (Å²) in [4.78, 5) is 10.9. The van der Waals surface area contributed by atoms with E-state index in [9.17, 15) is 4.79 Å². The zero-order valence-corrected chi connectivity index (χ0v) is 6.72. The fraction of sp³-hybridized carbons (Fsp3) is 0.857. The first-order valence-electron chi connectivity index (χ1n) is 3.45. The highest BCUT2D eigenvalue weighted by atomic mass is 16.6. The van der Waals surface area contributed by atoms with E-state index in [4.69, 9.17) is 9.47 Å². The number of methoxy groups -OCH3 is 1. The minimum Gasteiger partial charge on any atom is -0.464 e. The molecule has 0 aliphatic heterocycles. The van der Waals surface area contributed by atoms with Gasteiger partial charge in [-0.1, -0.05) is 6.92 Å². The van der Waals surface area contributed by atoms with E-state index < -0.39 is 0 Å². The average Bonchev–Trinajstić information content (AvgIpc) is 1.91. The molecule has 10 heavy (non-hydrogen) atoms. The summed E-state index contributed by atoms with van der Waals surface area (Å²) in [5.74, 6) is -0.271. The molecular formula is C7H14O3. The van der Waals surface area contributed by atoms with E-state index in [0.29, 0.717) is 13.0 Å². The summed E-state index contributed by atoms with van der Waals surface area (Å²) in [7, 11) is 1.51.